The molecule has 1 atom stereocenters. The van der Waals surface area contributed by atoms with E-state index in [2.05, 4.69) is 74.2 Å². The van der Waals surface area contributed by atoms with Gasteiger partial charge in [-0.2, -0.15) is 0 Å². The van der Waals surface area contributed by atoms with Crippen molar-refractivity contribution in [2.45, 2.75) is 64.6 Å². The van der Waals surface area contributed by atoms with Gasteiger partial charge in [0.2, 0.25) is 0 Å². The van der Waals surface area contributed by atoms with Crippen molar-refractivity contribution in [2.24, 2.45) is 5.92 Å². The zero-order valence-electron chi connectivity index (χ0n) is 17.8. The van der Waals surface area contributed by atoms with Crippen LogP contribution >= 0.6 is 12.4 Å². The number of tetrazole rings is 1. The SMILES string of the molecule is CC(C)CC(c1nnnn1C1CCCC1)N1CCN(Cc2ccccc2)CC1.Cl. The van der Waals surface area contributed by atoms with Crippen LogP contribution in [0.15, 0.2) is 30.3 Å². The Hall–Kier alpha value is -1.50. The lowest BCUT2D eigenvalue weighted by Gasteiger charge is -2.39. The smallest absolute Gasteiger partial charge is 0.168 e. The molecule has 2 heterocycles. The molecule has 6 nitrogen and oxygen atoms in total. The van der Waals surface area contributed by atoms with Crippen LogP contribution in [0, 0.1) is 5.92 Å². The molecule has 160 valence electrons. The summed E-state index contributed by atoms with van der Waals surface area (Å²) in [5, 5.41) is 13.0. The Morgan fingerprint density at radius 1 is 1.00 bits per heavy atom. The number of hydrogen-bond acceptors (Lipinski definition) is 5. The Kier molecular flexibility index (Phi) is 8.04. The molecule has 1 aromatic carbocycles. The number of piperazine rings is 1. The zero-order chi connectivity index (χ0) is 19.3. The maximum Gasteiger partial charge on any atom is 0.168 e. The second-order valence-electron chi connectivity index (χ2n) is 8.86. The van der Waals surface area contributed by atoms with E-state index in [0.717, 1.165) is 45.0 Å². The molecule has 1 aliphatic heterocycles. The lowest BCUT2D eigenvalue weighted by molar-refractivity contribution is 0.0759. The average Bonchev–Trinajstić information content (AvgIpc) is 3.39. The van der Waals surface area contributed by atoms with Crippen molar-refractivity contribution in [3.63, 3.8) is 0 Å². The number of halogens is 1. The summed E-state index contributed by atoms with van der Waals surface area (Å²) in [6, 6.07) is 11.6. The Morgan fingerprint density at radius 2 is 1.69 bits per heavy atom. The average molecular weight is 419 g/mol. The third-order valence-electron chi connectivity index (χ3n) is 6.28. The molecule has 2 aromatic rings. The van der Waals surface area contributed by atoms with Gasteiger partial charge in [0.25, 0.3) is 0 Å². The fourth-order valence-corrected chi connectivity index (χ4v) is 4.77. The topological polar surface area (TPSA) is 50.1 Å². The fraction of sp³-hybridized carbons (Fsp3) is 0.682. The second kappa shape index (κ2) is 10.5. The Bertz CT molecular complexity index is 720. The van der Waals surface area contributed by atoms with E-state index >= 15 is 0 Å². The molecule has 0 spiro atoms. The van der Waals surface area contributed by atoms with Gasteiger partial charge in [0, 0.05) is 32.7 Å². The highest BCUT2D eigenvalue weighted by Crippen LogP contribution is 2.34. The first kappa shape index (κ1) is 22.2. The summed E-state index contributed by atoms with van der Waals surface area (Å²) in [7, 11) is 0. The van der Waals surface area contributed by atoms with Crippen LogP contribution in [0.1, 0.15) is 69.4 Å². The van der Waals surface area contributed by atoms with Crippen LogP contribution in [-0.4, -0.2) is 56.2 Å². The number of hydrogen-bond donors (Lipinski definition) is 0. The summed E-state index contributed by atoms with van der Waals surface area (Å²) >= 11 is 0. The van der Waals surface area contributed by atoms with Gasteiger partial charge >= 0.3 is 0 Å². The first-order valence-electron chi connectivity index (χ1n) is 11.0. The molecule has 1 saturated heterocycles. The van der Waals surface area contributed by atoms with Gasteiger partial charge in [0.15, 0.2) is 5.82 Å². The lowest BCUT2D eigenvalue weighted by Crippen LogP contribution is -2.48. The van der Waals surface area contributed by atoms with E-state index in [0.29, 0.717) is 18.0 Å². The molecule has 0 amide bonds. The predicted molar refractivity (Wildman–Crippen MR) is 118 cm³/mol. The molecule has 0 bridgehead atoms. The number of aromatic nitrogens is 4. The van der Waals surface area contributed by atoms with Crippen LogP contribution in [-0.2, 0) is 6.54 Å². The van der Waals surface area contributed by atoms with Crippen molar-refractivity contribution in [2.75, 3.05) is 26.2 Å². The third-order valence-corrected chi connectivity index (χ3v) is 6.28. The number of rotatable bonds is 7. The normalized spacial score (nSPS) is 20.1. The van der Waals surface area contributed by atoms with Crippen LogP contribution in [0.3, 0.4) is 0 Å². The third kappa shape index (κ3) is 5.56. The van der Waals surface area contributed by atoms with E-state index in [1.165, 1.54) is 31.2 Å². The van der Waals surface area contributed by atoms with Gasteiger partial charge in [-0.25, -0.2) is 4.68 Å². The minimum absolute atomic E-state index is 0. The van der Waals surface area contributed by atoms with Crippen molar-refractivity contribution in [1.82, 2.24) is 30.0 Å². The maximum atomic E-state index is 4.52. The van der Waals surface area contributed by atoms with Crippen LogP contribution in [0.4, 0.5) is 0 Å². The minimum atomic E-state index is 0. The monoisotopic (exact) mass is 418 g/mol. The van der Waals surface area contributed by atoms with Gasteiger partial charge < -0.3 is 0 Å². The maximum absolute atomic E-state index is 4.52. The molecule has 2 fully saturated rings. The first-order chi connectivity index (χ1) is 13.7. The van der Waals surface area contributed by atoms with Crippen molar-refractivity contribution >= 4 is 12.4 Å². The van der Waals surface area contributed by atoms with Crippen LogP contribution < -0.4 is 0 Å². The van der Waals surface area contributed by atoms with Gasteiger partial charge in [0.05, 0.1) is 12.1 Å². The highest BCUT2D eigenvalue weighted by Gasteiger charge is 2.32. The van der Waals surface area contributed by atoms with E-state index in [1.54, 1.807) is 0 Å². The van der Waals surface area contributed by atoms with Gasteiger partial charge in [-0.1, -0.05) is 57.0 Å². The highest BCUT2D eigenvalue weighted by molar-refractivity contribution is 5.85. The summed E-state index contributed by atoms with van der Waals surface area (Å²) in [6.45, 7) is 10.0. The van der Waals surface area contributed by atoms with Crippen molar-refractivity contribution in [1.29, 1.82) is 0 Å². The van der Waals surface area contributed by atoms with Crippen molar-refractivity contribution in [3.05, 3.63) is 41.7 Å². The second-order valence-corrected chi connectivity index (χ2v) is 8.86. The molecule has 1 saturated carbocycles. The zero-order valence-corrected chi connectivity index (χ0v) is 18.6. The number of benzene rings is 1. The standard InChI is InChI=1S/C22H34N6.ClH/c1-18(2)16-21(22-23-24-25-28(22)20-10-6-7-11-20)27-14-12-26(13-15-27)17-19-8-4-3-5-9-19;/h3-5,8-9,18,20-21H,6-7,10-17H2,1-2H3;1H. The van der Waals surface area contributed by atoms with Crippen molar-refractivity contribution < 1.29 is 0 Å². The van der Waals surface area contributed by atoms with Gasteiger partial charge in [-0.15, -0.1) is 17.5 Å². The molecule has 0 N–H and O–H groups in total. The molecular formula is C22H35ClN6. The molecule has 4 rings (SSSR count). The number of nitrogens with zero attached hydrogens (tertiary/aromatic N) is 6. The summed E-state index contributed by atoms with van der Waals surface area (Å²) in [6.07, 6.45) is 6.16. The largest absolute Gasteiger partial charge is 0.297 e. The lowest BCUT2D eigenvalue weighted by atomic mass is 10.0. The van der Waals surface area contributed by atoms with Gasteiger partial charge in [0.1, 0.15) is 0 Å². The molecule has 0 radical (unpaired) electrons. The van der Waals surface area contributed by atoms with Gasteiger partial charge in [-0.05, 0) is 41.2 Å². The first-order valence-corrected chi connectivity index (χ1v) is 11.0. The Balaban J connectivity index is 0.00000240. The quantitative estimate of drug-likeness (QED) is 0.677. The van der Waals surface area contributed by atoms with Crippen LogP contribution in [0.5, 0.6) is 0 Å². The predicted octanol–water partition coefficient (Wildman–Crippen LogP) is 4.12. The van der Waals surface area contributed by atoms with E-state index < -0.39 is 0 Å². The molecule has 7 heteroatoms. The molecule has 1 aromatic heterocycles. The molecule has 1 aliphatic carbocycles. The van der Waals surface area contributed by atoms with E-state index in [9.17, 15) is 0 Å². The summed E-state index contributed by atoms with van der Waals surface area (Å²) in [5.41, 5.74) is 1.40. The summed E-state index contributed by atoms with van der Waals surface area (Å²) in [4.78, 5) is 5.19. The minimum Gasteiger partial charge on any atom is -0.297 e. The van der Waals surface area contributed by atoms with E-state index in [4.69, 9.17) is 0 Å². The fourth-order valence-electron chi connectivity index (χ4n) is 4.77. The summed E-state index contributed by atoms with van der Waals surface area (Å²) in [5.74, 6) is 1.72. The van der Waals surface area contributed by atoms with E-state index in [-0.39, 0.29) is 12.4 Å². The van der Waals surface area contributed by atoms with Gasteiger partial charge in [-0.3, -0.25) is 9.80 Å². The van der Waals surface area contributed by atoms with Crippen LogP contribution in [0.25, 0.3) is 0 Å². The molecule has 29 heavy (non-hydrogen) atoms. The van der Waals surface area contributed by atoms with Crippen molar-refractivity contribution in [3.8, 4) is 0 Å². The molecule has 1 unspecified atom stereocenters. The van der Waals surface area contributed by atoms with E-state index in [1.807, 2.05) is 0 Å². The highest BCUT2D eigenvalue weighted by atomic mass is 35.5. The summed E-state index contributed by atoms with van der Waals surface area (Å²) < 4.78 is 2.16. The molecule has 2 aliphatic rings. The van der Waals surface area contributed by atoms with Crippen LogP contribution in [0.2, 0.25) is 0 Å². The Labute approximate surface area is 181 Å². The Morgan fingerprint density at radius 3 is 2.34 bits per heavy atom. The molecular weight excluding hydrogens is 384 g/mol.